The van der Waals surface area contributed by atoms with Crippen LogP contribution in [0.15, 0.2) is 24.4 Å². The SMILES string of the molecule is CCc1cc(CC)n(-c2ccnc(CNC)c2)n1. The van der Waals surface area contributed by atoms with Crippen LogP contribution in [-0.4, -0.2) is 21.8 Å². The maximum atomic E-state index is 4.64. The second-order valence-electron chi connectivity index (χ2n) is 4.28. The van der Waals surface area contributed by atoms with Gasteiger partial charge in [0.05, 0.1) is 17.1 Å². The molecular weight excluding hydrogens is 224 g/mol. The summed E-state index contributed by atoms with van der Waals surface area (Å²) in [6.45, 7) is 5.06. The van der Waals surface area contributed by atoms with E-state index < -0.39 is 0 Å². The highest BCUT2D eigenvalue weighted by atomic mass is 15.3. The fourth-order valence-electron chi connectivity index (χ4n) is 2.00. The van der Waals surface area contributed by atoms with E-state index in [0.29, 0.717) is 0 Å². The Morgan fingerprint density at radius 3 is 2.67 bits per heavy atom. The van der Waals surface area contributed by atoms with Gasteiger partial charge in [0.15, 0.2) is 0 Å². The number of rotatable bonds is 5. The van der Waals surface area contributed by atoms with Crippen LogP contribution in [-0.2, 0) is 19.4 Å². The van der Waals surface area contributed by atoms with Gasteiger partial charge in [-0.1, -0.05) is 13.8 Å². The van der Waals surface area contributed by atoms with Crippen molar-refractivity contribution in [3.8, 4) is 5.69 Å². The van der Waals surface area contributed by atoms with Crippen LogP contribution < -0.4 is 5.32 Å². The summed E-state index contributed by atoms with van der Waals surface area (Å²) in [7, 11) is 1.93. The maximum Gasteiger partial charge on any atom is 0.0682 e. The van der Waals surface area contributed by atoms with Crippen molar-refractivity contribution in [2.24, 2.45) is 0 Å². The normalized spacial score (nSPS) is 10.8. The highest BCUT2D eigenvalue weighted by molar-refractivity contribution is 5.34. The third-order valence-corrected chi connectivity index (χ3v) is 2.96. The van der Waals surface area contributed by atoms with Gasteiger partial charge in [-0.2, -0.15) is 5.10 Å². The van der Waals surface area contributed by atoms with Crippen molar-refractivity contribution >= 4 is 0 Å². The molecule has 2 heterocycles. The van der Waals surface area contributed by atoms with Crippen LogP contribution >= 0.6 is 0 Å². The fraction of sp³-hybridized carbons (Fsp3) is 0.429. The van der Waals surface area contributed by atoms with Crippen LogP contribution in [0.3, 0.4) is 0 Å². The Hall–Kier alpha value is -1.68. The summed E-state index contributed by atoms with van der Waals surface area (Å²) >= 11 is 0. The number of aryl methyl sites for hydroxylation is 2. The topological polar surface area (TPSA) is 42.7 Å². The summed E-state index contributed by atoms with van der Waals surface area (Å²) in [5.74, 6) is 0. The summed E-state index contributed by atoms with van der Waals surface area (Å²) in [6, 6.07) is 6.27. The van der Waals surface area contributed by atoms with Crippen molar-refractivity contribution in [1.29, 1.82) is 0 Å². The van der Waals surface area contributed by atoms with Gasteiger partial charge in [-0.05, 0) is 38.1 Å². The van der Waals surface area contributed by atoms with Crippen LogP contribution in [0.1, 0.15) is 30.9 Å². The zero-order valence-electron chi connectivity index (χ0n) is 11.3. The van der Waals surface area contributed by atoms with Gasteiger partial charge < -0.3 is 5.32 Å². The monoisotopic (exact) mass is 244 g/mol. The van der Waals surface area contributed by atoms with Gasteiger partial charge in [0.1, 0.15) is 0 Å². The molecule has 0 bridgehead atoms. The van der Waals surface area contributed by atoms with E-state index in [2.05, 4.69) is 41.4 Å². The van der Waals surface area contributed by atoms with Gasteiger partial charge in [0, 0.05) is 18.4 Å². The number of pyridine rings is 1. The van der Waals surface area contributed by atoms with Crippen molar-refractivity contribution in [2.75, 3.05) is 7.05 Å². The molecule has 0 aromatic carbocycles. The lowest BCUT2D eigenvalue weighted by molar-refractivity contribution is 0.768. The average Bonchev–Trinajstić information content (AvgIpc) is 2.83. The molecule has 0 aliphatic carbocycles. The average molecular weight is 244 g/mol. The van der Waals surface area contributed by atoms with E-state index in [9.17, 15) is 0 Å². The number of hydrogen-bond donors (Lipinski definition) is 1. The van der Waals surface area contributed by atoms with Crippen LogP contribution in [0.5, 0.6) is 0 Å². The lowest BCUT2D eigenvalue weighted by Gasteiger charge is -2.07. The third-order valence-electron chi connectivity index (χ3n) is 2.96. The molecule has 18 heavy (non-hydrogen) atoms. The Morgan fingerprint density at radius 1 is 1.17 bits per heavy atom. The minimum atomic E-state index is 0.775. The molecule has 2 aromatic rings. The van der Waals surface area contributed by atoms with Gasteiger partial charge in [0.2, 0.25) is 0 Å². The number of hydrogen-bond acceptors (Lipinski definition) is 3. The van der Waals surface area contributed by atoms with Crippen molar-refractivity contribution in [2.45, 2.75) is 33.2 Å². The van der Waals surface area contributed by atoms with Crippen LogP contribution in [0.25, 0.3) is 5.69 Å². The first-order chi connectivity index (χ1) is 8.78. The van der Waals surface area contributed by atoms with E-state index in [1.807, 2.05) is 24.0 Å². The molecule has 2 rings (SSSR count). The van der Waals surface area contributed by atoms with E-state index in [-0.39, 0.29) is 0 Å². The molecule has 0 amide bonds. The smallest absolute Gasteiger partial charge is 0.0682 e. The van der Waals surface area contributed by atoms with Crippen molar-refractivity contribution < 1.29 is 0 Å². The van der Waals surface area contributed by atoms with Gasteiger partial charge >= 0.3 is 0 Å². The van der Waals surface area contributed by atoms with E-state index in [1.165, 1.54) is 5.69 Å². The van der Waals surface area contributed by atoms with Crippen molar-refractivity contribution in [3.63, 3.8) is 0 Å². The number of nitrogens with zero attached hydrogens (tertiary/aromatic N) is 3. The second kappa shape index (κ2) is 5.78. The molecule has 0 aliphatic heterocycles. The summed E-state index contributed by atoms with van der Waals surface area (Å²) in [5, 5.41) is 7.75. The molecule has 0 radical (unpaired) electrons. The summed E-state index contributed by atoms with van der Waals surface area (Å²) in [6.07, 6.45) is 3.79. The van der Waals surface area contributed by atoms with Crippen LogP contribution in [0.2, 0.25) is 0 Å². The van der Waals surface area contributed by atoms with Crippen molar-refractivity contribution in [1.82, 2.24) is 20.1 Å². The van der Waals surface area contributed by atoms with E-state index in [1.54, 1.807) is 0 Å². The van der Waals surface area contributed by atoms with Crippen LogP contribution in [0, 0.1) is 0 Å². The summed E-state index contributed by atoms with van der Waals surface area (Å²) in [5.41, 5.74) is 4.50. The lowest BCUT2D eigenvalue weighted by Crippen LogP contribution is -2.08. The molecule has 0 saturated heterocycles. The Kier molecular flexibility index (Phi) is 4.10. The number of nitrogens with one attached hydrogen (secondary N) is 1. The highest BCUT2D eigenvalue weighted by Gasteiger charge is 2.07. The van der Waals surface area contributed by atoms with E-state index in [0.717, 1.165) is 36.5 Å². The second-order valence-corrected chi connectivity index (χ2v) is 4.28. The van der Waals surface area contributed by atoms with Crippen molar-refractivity contribution in [3.05, 3.63) is 41.5 Å². The van der Waals surface area contributed by atoms with Gasteiger partial charge in [0.25, 0.3) is 0 Å². The fourth-order valence-corrected chi connectivity index (χ4v) is 2.00. The molecule has 4 nitrogen and oxygen atoms in total. The Balaban J connectivity index is 2.40. The summed E-state index contributed by atoms with van der Waals surface area (Å²) < 4.78 is 2.03. The zero-order valence-corrected chi connectivity index (χ0v) is 11.3. The van der Waals surface area contributed by atoms with Crippen LogP contribution in [0.4, 0.5) is 0 Å². The maximum absolute atomic E-state index is 4.64. The Bertz CT molecular complexity index is 516. The molecule has 0 spiro atoms. The minimum absolute atomic E-state index is 0.775. The largest absolute Gasteiger partial charge is 0.314 e. The minimum Gasteiger partial charge on any atom is -0.314 e. The Labute approximate surface area is 108 Å². The number of aromatic nitrogens is 3. The summed E-state index contributed by atoms with van der Waals surface area (Å²) in [4.78, 5) is 4.33. The van der Waals surface area contributed by atoms with Gasteiger partial charge in [-0.25, -0.2) is 4.68 Å². The standard InChI is InChI=1S/C14H20N4/c1-4-11-8-13(5-2)18(17-11)14-6-7-16-12(9-14)10-15-3/h6-9,15H,4-5,10H2,1-3H3. The highest BCUT2D eigenvalue weighted by Crippen LogP contribution is 2.14. The van der Waals surface area contributed by atoms with Gasteiger partial charge in [-0.3, -0.25) is 4.98 Å². The molecule has 4 heteroatoms. The third kappa shape index (κ3) is 2.59. The molecular formula is C14H20N4. The first kappa shape index (κ1) is 12.8. The molecule has 1 N–H and O–H groups in total. The zero-order chi connectivity index (χ0) is 13.0. The molecule has 0 fully saturated rings. The Morgan fingerprint density at radius 2 is 2.00 bits per heavy atom. The van der Waals surface area contributed by atoms with E-state index >= 15 is 0 Å². The van der Waals surface area contributed by atoms with E-state index in [4.69, 9.17) is 0 Å². The predicted octanol–water partition coefficient (Wildman–Crippen LogP) is 2.11. The molecule has 0 aliphatic rings. The van der Waals surface area contributed by atoms with Gasteiger partial charge in [-0.15, -0.1) is 0 Å². The quantitative estimate of drug-likeness (QED) is 0.876. The molecule has 0 unspecified atom stereocenters. The first-order valence-electron chi connectivity index (χ1n) is 6.46. The molecule has 2 aromatic heterocycles. The molecule has 0 saturated carbocycles. The first-order valence-corrected chi connectivity index (χ1v) is 6.46. The molecule has 96 valence electrons. The molecule has 0 atom stereocenters. The predicted molar refractivity (Wildman–Crippen MR) is 72.9 cm³/mol. The lowest BCUT2D eigenvalue weighted by atomic mass is 10.2.